The van der Waals surface area contributed by atoms with Gasteiger partial charge >= 0.3 is 6.03 Å². The number of nitrogens with one attached hydrogen (secondary N) is 2. The van der Waals surface area contributed by atoms with Crippen molar-refractivity contribution in [2.24, 2.45) is 5.73 Å². The van der Waals surface area contributed by atoms with Crippen LogP contribution in [0.3, 0.4) is 0 Å². The third-order valence-corrected chi connectivity index (χ3v) is 5.85. The second kappa shape index (κ2) is 9.47. The van der Waals surface area contributed by atoms with Crippen molar-refractivity contribution in [3.63, 3.8) is 0 Å². The Morgan fingerprint density at radius 1 is 1.39 bits per heavy atom. The Bertz CT molecular complexity index is 1000. The highest BCUT2D eigenvalue weighted by molar-refractivity contribution is 6.31. The minimum absolute atomic E-state index is 0.281. The Hall–Kier alpha value is -2.93. The van der Waals surface area contributed by atoms with Crippen LogP contribution in [0.2, 0.25) is 5.02 Å². The molecule has 0 unspecified atom stereocenters. The molecule has 2 aromatic rings. The maximum Gasteiger partial charge on any atom is 0.319 e. The summed E-state index contributed by atoms with van der Waals surface area (Å²) in [6, 6.07) is 6.88. The molecule has 2 aliphatic heterocycles. The lowest BCUT2D eigenvalue weighted by Gasteiger charge is -2.30. The molecule has 0 saturated carbocycles. The van der Waals surface area contributed by atoms with E-state index in [1.165, 1.54) is 0 Å². The van der Waals surface area contributed by atoms with Crippen molar-refractivity contribution in [1.29, 1.82) is 5.26 Å². The SMILES string of the molecule is N#Cc1ccc([C@@H](N)NC(=O)N2CCc3cnc(NC4CCOCC4)nc3C2)cc1Cl. The summed E-state index contributed by atoms with van der Waals surface area (Å²) in [5.41, 5.74) is 9.01. The van der Waals surface area contributed by atoms with E-state index in [0.717, 1.165) is 37.3 Å². The molecule has 2 aliphatic rings. The summed E-state index contributed by atoms with van der Waals surface area (Å²) in [4.78, 5) is 23.5. The minimum atomic E-state index is -0.740. The Balaban J connectivity index is 1.39. The van der Waals surface area contributed by atoms with E-state index in [4.69, 9.17) is 27.3 Å². The number of carbonyl (C=O) groups excluding carboxylic acids is 1. The summed E-state index contributed by atoms with van der Waals surface area (Å²) in [7, 11) is 0. The average Bonchev–Trinajstić information content (AvgIpc) is 2.79. The summed E-state index contributed by atoms with van der Waals surface area (Å²) in [6.07, 6.45) is 3.62. The molecule has 1 atom stereocenters. The number of anilines is 1. The molecule has 9 nitrogen and oxygen atoms in total. The summed E-state index contributed by atoms with van der Waals surface area (Å²) in [5, 5.41) is 15.5. The van der Waals surface area contributed by atoms with E-state index < -0.39 is 6.17 Å². The van der Waals surface area contributed by atoms with Gasteiger partial charge < -0.3 is 26.0 Å². The molecule has 162 valence electrons. The van der Waals surface area contributed by atoms with Crippen LogP contribution in [-0.4, -0.2) is 46.7 Å². The van der Waals surface area contributed by atoms with Gasteiger partial charge in [0, 0.05) is 32.0 Å². The number of urea groups is 1. The molecule has 10 heteroatoms. The fourth-order valence-corrected chi connectivity index (χ4v) is 3.92. The molecule has 4 N–H and O–H groups in total. The summed E-state index contributed by atoms with van der Waals surface area (Å²) >= 11 is 6.07. The fraction of sp³-hybridized carbons (Fsp3) is 0.429. The van der Waals surface area contributed by atoms with Crippen LogP contribution >= 0.6 is 11.6 Å². The van der Waals surface area contributed by atoms with Gasteiger partial charge in [0.1, 0.15) is 12.2 Å². The van der Waals surface area contributed by atoms with E-state index in [-0.39, 0.29) is 6.03 Å². The number of nitriles is 1. The lowest BCUT2D eigenvalue weighted by Crippen LogP contribution is -2.46. The van der Waals surface area contributed by atoms with Crippen LogP contribution in [0.4, 0.5) is 10.7 Å². The molecule has 1 aromatic carbocycles. The molecule has 3 heterocycles. The number of hydrogen-bond donors (Lipinski definition) is 3. The van der Waals surface area contributed by atoms with Crippen LogP contribution in [0.5, 0.6) is 0 Å². The predicted octanol–water partition coefficient (Wildman–Crippen LogP) is 2.32. The van der Waals surface area contributed by atoms with Crippen molar-refractivity contribution in [3.05, 3.63) is 51.8 Å². The van der Waals surface area contributed by atoms with E-state index >= 15 is 0 Å². The van der Waals surface area contributed by atoms with Gasteiger partial charge in [-0.3, -0.25) is 0 Å². The number of rotatable bonds is 4. The number of aromatic nitrogens is 2. The molecule has 1 aromatic heterocycles. The van der Waals surface area contributed by atoms with Crippen LogP contribution in [0.1, 0.15) is 41.4 Å². The molecule has 1 saturated heterocycles. The standard InChI is InChI=1S/C21H24ClN7O2/c22-17-9-13(1-2-14(17)10-23)19(24)28-21(30)29-6-3-15-11-25-20(27-18(15)12-29)26-16-4-7-31-8-5-16/h1-2,9,11,16,19H,3-8,12,24H2,(H,28,30)(H,25,26,27)/t19-/m0/s1. The molecule has 2 amide bonds. The lowest BCUT2D eigenvalue weighted by atomic mass is 10.1. The zero-order valence-electron chi connectivity index (χ0n) is 17.0. The van der Waals surface area contributed by atoms with Crippen LogP contribution in [-0.2, 0) is 17.7 Å². The third kappa shape index (κ3) is 5.05. The maximum absolute atomic E-state index is 12.8. The minimum Gasteiger partial charge on any atom is -0.381 e. The molecule has 0 radical (unpaired) electrons. The third-order valence-electron chi connectivity index (χ3n) is 5.54. The number of ether oxygens (including phenoxy) is 1. The summed E-state index contributed by atoms with van der Waals surface area (Å²) < 4.78 is 5.39. The van der Waals surface area contributed by atoms with Crippen molar-refractivity contribution in [1.82, 2.24) is 20.2 Å². The number of carbonyl (C=O) groups is 1. The maximum atomic E-state index is 12.8. The average molecular weight is 442 g/mol. The summed E-state index contributed by atoms with van der Waals surface area (Å²) in [5.74, 6) is 0.580. The second-order valence-electron chi connectivity index (χ2n) is 7.65. The van der Waals surface area contributed by atoms with Crippen molar-refractivity contribution in [2.45, 2.75) is 38.0 Å². The first-order valence-electron chi connectivity index (χ1n) is 10.2. The number of halogens is 1. The van der Waals surface area contributed by atoms with Crippen LogP contribution in [0, 0.1) is 11.3 Å². The highest BCUT2D eigenvalue weighted by Gasteiger charge is 2.24. The highest BCUT2D eigenvalue weighted by Crippen LogP contribution is 2.22. The molecule has 31 heavy (non-hydrogen) atoms. The van der Waals surface area contributed by atoms with Crippen molar-refractivity contribution in [3.8, 4) is 6.07 Å². The predicted molar refractivity (Wildman–Crippen MR) is 115 cm³/mol. The molecule has 0 aliphatic carbocycles. The number of nitrogens with two attached hydrogens (primary N) is 1. The van der Waals surface area contributed by atoms with E-state index in [2.05, 4.69) is 20.6 Å². The zero-order valence-corrected chi connectivity index (χ0v) is 17.7. The van der Waals surface area contributed by atoms with Gasteiger partial charge in [0.05, 0.1) is 22.8 Å². The number of fused-ring (bicyclic) bond motifs is 1. The number of hydrogen-bond acceptors (Lipinski definition) is 7. The van der Waals surface area contributed by atoms with Gasteiger partial charge in [-0.2, -0.15) is 5.26 Å². The van der Waals surface area contributed by atoms with Gasteiger partial charge in [-0.05, 0) is 42.5 Å². The van der Waals surface area contributed by atoms with Crippen LogP contribution < -0.4 is 16.4 Å². The smallest absolute Gasteiger partial charge is 0.319 e. The molecule has 4 rings (SSSR count). The Labute approximate surface area is 185 Å². The molecule has 0 bridgehead atoms. The lowest BCUT2D eigenvalue weighted by molar-refractivity contribution is 0.0903. The Morgan fingerprint density at radius 3 is 2.94 bits per heavy atom. The van der Waals surface area contributed by atoms with Gasteiger partial charge in [0.15, 0.2) is 0 Å². The first kappa shape index (κ1) is 21.3. The van der Waals surface area contributed by atoms with E-state index in [1.54, 1.807) is 23.1 Å². The van der Waals surface area contributed by atoms with Gasteiger partial charge in [0.2, 0.25) is 5.95 Å². The largest absolute Gasteiger partial charge is 0.381 e. The van der Waals surface area contributed by atoms with Gasteiger partial charge in [-0.1, -0.05) is 17.7 Å². The highest BCUT2D eigenvalue weighted by atomic mass is 35.5. The molecule has 0 spiro atoms. The first-order valence-corrected chi connectivity index (χ1v) is 10.6. The first-order chi connectivity index (χ1) is 15.0. The number of nitrogens with zero attached hydrogens (tertiary/aromatic N) is 4. The normalized spacial score (nSPS) is 17.4. The van der Waals surface area contributed by atoms with Gasteiger partial charge in [-0.15, -0.1) is 0 Å². The van der Waals surface area contributed by atoms with Gasteiger partial charge in [0.25, 0.3) is 0 Å². The zero-order chi connectivity index (χ0) is 21.8. The topological polar surface area (TPSA) is 129 Å². The van der Waals surface area contributed by atoms with Crippen molar-refractivity contribution < 1.29 is 9.53 Å². The van der Waals surface area contributed by atoms with Gasteiger partial charge in [-0.25, -0.2) is 14.8 Å². The number of benzene rings is 1. The van der Waals surface area contributed by atoms with Crippen LogP contribution in [0.15, 0.2) is 24.4 Å². The van der Waals surface area contributed by atoms with Crippen molar-refractivity contribution in [2.75, 3.05) is 25.1 Å². The second-order valence-corrected chi connectivity index (χ2v) is 8.05. The quantitative estimate of drug-likeness (QED) is 0.621. The van der Waals surface area contributed by atoms with E-state index in [0.29, 0.717) is 47.7 Å². The summed E-state index contributed by atoms with van der Waals surface area (Å²) in [6.45, 7) is 2.41. The fourth-order valence-electron chi connectivity index (χ4n) is 3.69. The van der Waals surface area contributed by atoms with Crippen molar-refractivity contribution >= 4 is 23.6 Å². The Kier molecular flexibility index (Phi) is 6.51. The van der Waals surface area contributed by atoms with Crippen LogP contribution in [0.25, 0.3) is 0 Å². The van der Waals surface area contributed by atoms with E-state index in [1.807, 2.05) is 12.3 Å². The van der Waals surface area contributed by atoms with E-state index in [9.17, 15) is 4.79 Å². The molecular weight excluding hydrogens is 418 g/mol. The molecule has 1 fully saturated rings. The number of amides is 2. The monoisotopic (exact) mass is 441 g/mol. The molecular formula is C21H24ClN7O2. The Morgan fingerprint density at radius 2 is 2.19 bits per heavy atom.